The summed E-state index contributed by atoms with van der Waals surface area (Å²) in [6.07, 6.45) is 25.0. The molecule has 36 heavy (non-hydrogen) atoms. The van der Waals surface area contributed by atoms with Gasteiger partial charge in [0.25, 0.3) is 0 Å². The number of nitrogens with zero attached hydrogens (tertiary/aromatic N) is 1. The highest BCUT2D eigenvalue weighted by Gasteiger charge is 2.14. The van der Waals surface area contributed by atoms with Crippen LogP contribution in [0, 0.1) is 0 Å². The van der Waals surface area contributed by atoms with Gasteiger partial charge in [0.2, 0.25) is 5.91 Å². The second-order valence-corrected chi connectivity index (χ2v) is 10.9. The lowest BCUT2D eigenvalue weighted by atomic mass is 10.0. The van der Waals surface area contributed by atoms with Crippen LogP contribution in [-0.2, 0) is 14.3 Å². The van der Waals surface area contributed by atoms with Gasteiger partial charge in [-0.2, -0.15) is 0 Å². The smallest absolute Gasteiger partial charge is 0.306 e. The van der Waals surface area contributed by atoms with Gasteiger partial charge in [-0.05, 0) is 65.1 Å². The Morgan fingerprint density at radius 3 is 1.69 bits per heavy atom. The summed E-state index contributed by atoms with van der Waals surface area (Å²) in [7, 11) is 2.15. The van der Waals surface area contributed by atoms with Crippen LogP contribution in [0.4, 0.5) is 0 Å². The number of esters is 1. The van der Waals surface area contributed by atoms with Crippen molar-refractivity contribution >= 4 is 11.9 Å². The van der Waals surface area contributed by atoms with Gasteiger partial charge in [-0.25, -0.2) is 0 Å². The Morgan fingerprint density at radius 2 is 1.14 bits per heavy atom. The van der Waals surface area contributed by atoms with Crippen molar-refractivity contribution in [3.63, 3.8) is 0 Å². The maximum absolute atomic E-state index is 12.5. The van der Waals surface area contributed by atoms with Crippen LogP contribution >= 0.6 is 0 Å². The number of rotatable bonds is 27. The number of unbranched alkanes of at least 4 members (excludes halogenated alkanes) is 14. The minimum Gasteiger partial charge on any atom is -0.462 e. The summed E-state index contributed by atoms with van der Waals surface area (Å²) < 4.78 is 5.95. The molecule has 0 bridgehead atoms. The average molecular weight is 511 g/mol. The number of ether oxygens (including phenoxy) is 1. The number of nitrogens with one attached hydrogen (secondary N) is 1. The van der Waals surface area contributed by atoms with Crippen LogP contribution in [-0.4, -0.2) is 49.6 Å². The van der Waals surface area contributed by atoms with E-state index in [4.69, 9.17) is 4.74 Å². The molecule has 5 heteroatoms. The van der Waals surface area contributed by atoms with E-state index in [9.17, 15) is 9.59 Å². The molecule has 0 aliphatic heterocycles. The van der Waals surface area contributed by atoms with Gasteiger partial charge in [-0.1, -0.05) is 97.3 Å². The highest BCUT2D eigenvalue weighted by atomic mass is 16.5. The number of carbonyl (C=O) groups excluding carboxylic acids is 2. The molecule has 0 aromatic rings. The zero-order chi connectivity index (χ0) is 26.7. The largest absolute Gasteiger partial charge is 0.462 e. The van der Waals surface area contributed by atoms with Gasteiger partial charge < -0.3 is 15.0 Å². The summed E-state index contributed by atoms with van der Waals surface area (Å²) in [6.45, 7) is 8.96. The molecular weight excluding hydrogens is 448 g/mol. The van der Waals surface area contributed by atoms with Gasteiger partial charge in [0.1, 0.15) is 6.10 Å². The Balaban J connectivity index is 3.94. The molecule has 0 aromatic heterocycles. The molecule has 0 saturated carbocycles. The van der Waals surface area contributed by atoms with Crippen molar-refractivity contribution in [3.05, 3.63) is 0 Å². The van der Waals surface area contributed by atoms with Crippen LogP contribution in [0.15, 0.2) is 0 Å². The van der Waals surface area contributed by atoms with Crippen molar-refractivity contribution in [2.24, 2.45) is 0 Å². The molecule has 0 rings (SSSR count). The first-order valence-electron chi connectivity index (χ1n) is 15.6. The van der Waals surface area contributed by atoms with Crippen LogP contribution in [0.25, 0.3) is 0 Å². The van der Waals surface area contributed by atoms with E-state index in [1.165, 1.54) is 96.3 Å². The predicted molar refractivity (Wildman–Crippen MR) is 154 cm³/mol. The molecule has 0 unspecified atom stereocenters. The summed E-state index contributed by atoms with van der Waals surface area (Å²) in [4.78, 5) is 25.7. The first-order valence-corrected chi connectivity index (χ1v) is 15.6. The van der Waals surface area contributed by atoms with E-state index in [1.807, 2.05) is 0 Å². The van der Waals surface area contributed by atoms with Crippen molar-refractivity contribution in [2.45, 2.75) is 162 Å². The summed E-state index contributed by atoms with van der Waals surface area (Å²) >= 11 is 0. The Kier molecular flexibility index (Phi) is 26.1. The van der Waals surface area contributed by atoms with Crippen LogP contribution in [0.5, 0.6) is 0 Å². The van der Waals surface area contributed by atoms with E-state index in [1.54, 1.807) is 6.92 Å². The highest BCUT2D eigenvalue weighted by Crippen LogP contribution is 2.18. The standard InChI is InChI=1S/C31H62N2O3/c1-5-7-9-11-14-18-23-30(24-19-15-12-10-8-6-2)36-31(35)25-20-16-13-17-21-27-33(4)28-22-26-32-29(3)34/h30H,5-28H2,1-4H3,(H,32,34). The topological polar surface area (TPSA) is 58.6 Å². The zero-order valence-electron chi connectivity index (χ0n) is 24.7. The Hall–Kier alpha value is -1.10. The van der Waals surface area contributed by atoms with Gasteiger partial charge in [-0.3, -0.25) is 9.59 Å². The van der Waals surface area contributed by atoms with Crippen molar-refractivity contribution in [1.82, 2.24) is 10.2 Å². The highest BCUT2D eigenvalue weighted by molar-refractivity contribution is 5.72. The lowest BCUT2D eigenvalue weighted by Crippen LogP contribution is -2.27. The molecule has 0 aliphatic rings. The van der Waals surface area contributed by atoms with Gasteiger partial charge in [-0.15, -0.1) is 0 Å². The summed E-state index contributed by atoms with van der Waals surface area (Å²) in [5.41, 5.74) is 0. The molecule has 0 atom stereocenters. The molecule has 214 valence electrons. The van der Waals surface area contributed by atoms with E-state index in [-0.39, 0.29) is 18.0 Å². The van der Waals surface area contributed by atoms with Crippen molar-refractivity contribution in [2.75, 3.05) is 26.7 Å². The Bertz CT molecular complexity index is 482. The quantitative estimate of drug-likeness (QED) is 0.0893. The SMILES string of the molecule is CCCCCCCCC(CCCCCCCC)OC(=O)CCCCCCCN(C)CCCNC(C)=O. The van der Waals surface area contributed by atoms with Crippen LogP contribution in [0.1, 0.15) is 156 Å². The molecule has 0 heterocycles. The van der Waals surface area contributed by atoms with E-state index in [2.05, 4.69) is 31.1 Å². The molecule has 5 nitrogen and oxygen atoms in total. The first kappa shape index (κ1) is 34.9. The summed E-state index contributed by atoms with van der Waals surface area (Å²) in [5, 5.41) is 2.85. The second-order valence-electron chi connectivity index (χ2n) is 10.9. The van der Waals surface area contributed by atoms with E-state index in [0.717, 1.165) is 51.7 Å². The number of hydrogen-bond donors (Lipinski definition) is 1. The maximum Gasteiger partial charge on any atom is 0.306 e. The first-order chi connectivity index (χ1) is 17.5. The molecule has 0 aromatic carbocycles. The van der Waals surface area contributed by atoms with Gasteiger partial charge in [0.05, 0.1) is 0 Å². The lowest BCUT2D eigenvalue weighted by molar-refractivity contribution is -0.150. The average Bonchev–Trinajstić information content (AvgIpc) is 2.85. The third-order valence-corrected chi connectivity index (χ3v) is 7.07. The van der Waals surface area contributed by atoms with E-state index >= 15 is 0 Å². The summed E-state index contributed by atoms with van der Waals surface area (Å²) in [5.74, 6) is 0.0727. The summed E-state index contributed by atoms with van der Waals surface area (Å²) in [6, 6.07) is 0. The van der Waals surface area contributed by atoms with E-state index < -0.39 is 0 Å². The predicted octanol–water partition coefficient (Wildman–Crippen LogP) is 8.20. The van der Waals surface area contributed by atoms with Gasteiger partial charge in [0.15, 0.2) is 0 Å². The fourth-order valence-corrected chi connectivity index (χ4v) is 4.72. The molecular formula is C31H62N2O3. The van der Waals surface area contributed by atoms with E-state index in [0.29, 0.717) is 6.42 Å². The van der Waals surface area contributed by atoms with Crippen molar-refractivity contribution in [1.29, 1.82) is 0 Å². The van der Waals surface area contributed by atoms with Gasteiger partial charge >= 0.3 is 5.97 Å². The number of hydrogen-bond acceptors (Lipinski definition) is 4. The molecule has 0 fully saturated rings. The zero-order valence-corrected chi connectivity index (χ0v) is 24.7. The molecule has 0 aliphatic carbocycles. The van der Waals surface area contributed by atoms with Crippen molar-refractivity contribution in [3.8, 4) is 0 Å². The Labute approximate surface area is 224 Å². The maximum atomic E-state index is 12.5. The fraction of sp³-hybridized carbons (Fsp3) is 0.935. The second kappa shape index (κ2) is 26.9. The van der Waals surface area contributed by atoms with Gasteiger partial charge in [0, 0.05) is 19.9 Å². The normalized spacial score (nSPS) is 11.4. The minimum atomic E-state index is 0.0240. The molecule has 0 spiro atoms. The van der Waals surface area contributed by atoms with Crippen LogP contribution in [0.2, 0.25) is 0 Å². The fourth-order valence-electron chi connectivity index (χ4n) is 4.72. The molecule has 1 amide bonds. The molecule has 0 radical (unpaired) electrons. The number of amides is 1. The molecule has 1 N–H and O–H groups in total. The third-order valence-electron chi connectivity index (χ3n) is 7.07. The van der Waals surface area contributed by atoms with Crippen LogP contribution in [0.3, 0.4) is 0 Å². The Morgan fingerprint density at radius 1 is 0.667 bits per heavy atom. The van der Waals surface area contributed by atoms with Crippen molar-refractivity contribution < 1.29 is 14.3 Å². The lowest BCUT2D eigenvalue weighted by Gasteiger charge is -2.18. The minimum absolute atomic E-state index is 0.0240. The molecule has 0 saturated heterocycles. The number of carbonyl (C=O) groups is 2. The van der Waals surface area contributed by atoms with Crippen LogP contribution < -0.4 is 5.32 Å². The third kappa shape index (κ3) is 26.0. The monoisotopic (exact) mass is 510 g/mol.